The summed E-state index contributed by atoms with van der Waals surface area (Å²) >= 11 is 4.13. The molecule has 0 radical (unpaired) electrons. The standard InChI is InChI=1S/C5H7NSSi/c6-5-2-1-4(7)3-8-5/h1-3,7-8H,6H2. The van der Waals surface area contributed by atoms with E-state index in [2.05, 4.69) is 18.3 Å². The summed E-state index contributed by atoms with van der Waals surface area (Å²) in [4.78, 5) is 1.04. The molecule has 3 heteroatoms. The van der Waals surface area contributed by atoms with Crippen LogP contribution in [-0.4, -0.2) is 9.12 Å². The van der Waals surface area contributed by atoms with Crippen LogP contribution in [0.4, 0.5) is 5.30 Å². The van der Waals surface area contributed by atoms with Gasteiger partial charge >= 0.3 is 0 Å². The lowest BCUT2D eigenvalue weighted by molar-refractivity contribution is 1.55. The maximum atomic E-state index is 5.49. The van der Waals surface area contributed by atoms with Crippen molar-refractivity contribution in [1.29, 1.82) is 0 Å². The van der Waals surface area contributed by atoms with E-state index in [0.717, 1.165) is 10.2 Å². The van der Waals surface area contributed by atoms with Gasteiger partial charge in [0.05, 0.1) is 9.12 Å². The van der Waals surface area contributed by atoms with Crippen LogP contribution < -0.4 is 5.73 Å². The fourth-order valence-corrected chi connectivity index (χ4v) is 1.45. The third kappa shape index (κ3) is 1.35. The van der Waals surface area contributed by atoms with Crippen molar-refractivity contribution in [2.75, 3.05) is 5.73 Å². The third-order valence-electron chi connectivity index (χ3n) is 0.893. The molecule has 0 aromatic carbocycles. The first-order valence-electron chi connectivity index (χ1n) is 2.33. The molecule has 0 aliphatic rings. The van der Waals surface area contributed by atoms with Crippen LogP contribution in [0.5, 0.6) is 0 Å². The second-order valence-corrected chi connectivity index (χ2v) is 3.44. The predicted octanol–water partition coefficient (Wildman–Crippen LogP) is 0.628. The molecule has 0 fully saturated rings. The summed E-state index contributed by atoms with van der Waals surface area (Å²) in [7, 11) is 0.190. The van der Waals surface area contributed by atoms with Crippen molar-refractivity contribution in [2.45, 2.75) is 4.90 Å². The molecule has 1 aromatic heterocycles. The Morgan fingerprint density at radius 1 is 1.50 bits per heavy atom. The summed E-state index contributed by atoms with van der Waals surface area (Å²) in [5.41, 5.74) is 7.55. The average molecular weight is 141 g/mol. The van der Waals surface area contributed by atoms with E-state index in [1.165, 1.54) is 0 Å². The zero-order valence-corrected chi connectivity index (χ0v) is 6.38. The molecular formula is C5H7NSSi. The van der Waals surface area contributed by atoms with Crippen molar-refractivity contribution in [3.63, 3.8) is 0 Å². The quantitative estimate of drug-likeness (QED) is 0.402. The minimum absolute atomic E-state index is 0.190. The number of hydrogen-bond acceptors (Lipinski definition) is 2. The number of nitrogens with two attached hydrogens (primary N) is 1. The summed E-state index contributed by atoms with van der Waals surface area (Å²) in [5, 5.41) is 0.989. The van der Waals surface area contributed by atoms with Crippen LogP contribution in [0.1, 0.15) is 0 Å². The monoisotopic (exact) mass is 141 g/mol. The summed E-state index contributed by atoms with van der Waals surface area (Å²) in [6, 6.07) is 3.83. The van der Waals surface area contributed by atoms with Crippen LogP contribution in [0, 0.1) is 0 Å². The molecular weight excluding hydrogens is 134 g/mol. The maximum Gasteiger partial charge on any atom is 0.0512 e. The summed E-state index contributed by atoms with van der Waals surface area (Å²) in [6.07, 6.45) is 0. The third-order valence-corrected chi connectivity index (χ3v) is 2.57. The molecule has 1 heterocycles. The maximum absolute atomic E-state index is 5.49. The van der Waals surface area contributed by atoms with Gasteiger partial charge in [0.15, 0.2) is 0 Å². The highest BCUT2D eigenvalue weighted by molar-refractivity contribution is 7.80. The van der Waals surface area contributed by atoms with E-state index < -0.39 is 0 Å². The number of hydrogen-bond donors (Lipinski definition) is 2. The lowest BCUT2D eigenvalue weighted by Crippen LogP contribution is -1.87. The van der Waals surface area contributed by atoms with E-state index in [0.29, 0.717) is 0 Å². The Labute approximate surface area is 56.1 Å². The van der Waals surface area contributed by atoms with Crippen LogP contribution >= 0.6 is 12.6 Å². The first-order valence-corrected chi connectivity index (χ1v) is 4.02. The molecule has 0 unspecified atom stereocenters. The number of nitrogen functional groups attached to an aromatic ring is 1. The number of anilines is 1. The Bertz CT molecular complexity index is 151. The first kappa shape index (κ1) is 5.85. The van der Waals surface area contributed by atoms with Crippen molar-refractivity contribution < 1.29 is 0 Å². The fraction of sp³-hybridized carbons (Fsp3) is 0. The van der Waals surface area contributed by atoms with E-state index >= 15 is 0 Å². The van der Waals surface area contributed by atoms with Gasteiger partial charge in [0.1, 0.15) is 0 Å². The van der Waals surface area contributed by atoms with Crippen LogP contribution in [0.25, 0.3) is 0 Å². The van der Waals surface area contributed by atoms with Gasteiger partial charge in [0.2, 0.25) is 0 Å². The van der Waals surface area contributed by atoms with Crippen molar-refractivity contribution in [3.05, 3.63) is 17.8 Å². The molecule has 8 heavy (non-hydrogen) atoms. The van der Waals surface area contributed by atoms with Gasteiger partial charge in [-0.25, -0.2) is 0 Å². The molecule has 1 nitrogen and oxygen atoms in total. The molecule has 0 aliphatic heterocycles. The van der Waals surface area contributed by atoms with E-state index in [4.69, 9.17) is 5.73 Å². The van der Waals surface area contributed by atoms with Crippen molar-refractivity contribution in [1.82, 2.24) is 0 Å². The molecule has 1 aromatic rings. The van der Waals surface area contributed by atoms with E-state index in [1.807, 2.05) is 12.1 Å². The Kier molecular flexibility index (Phi) is 1.70. The van der Waals surface area contributed by atoms with Crippen molar-refractivity contribution >= 4 is 27.0 Å². The zero-order valence-electron chi connectivity index (χ0n) is 4.33. The molecule has 0 spiro atoms. The first-order chi connectivity index (χ1) is 3.79. The van der Waals surface area contributed by atoms with Gasteiger partial charge in [-0.3, -0.25) is 0 Å². The van der Waals surface area contributed by atoms with Crippen LogP contribution in [-0.2, 0) is 0 Å². The van der Waals surface area contributed by atoms with E-state index in [1.54, 1.807) is 0 Å². The molecule has 42 valence electrons. The van der Waals surface area contributed by atoms with E-state index in [9.17, 15) is 0 Å². The zero-order chi connectivity index (χ0) is 5.98. The van der Waals surface area contributed by atoms with Crippen molar-refractivity contribution in [3.8, 4) is 0 Å². The van der Waals surface area contributed by atoms with Crippen LogP contribution in [0.3, 0.4) is 0 Å². The van der Waals surface area contributed by atoms with Gasteiger partial charge < -0.3 is 5.73 Å². The van der Waals surface area contributed by atoms with Crippen molar-refractivity contribution in [2.24, 2.45) is 0 Å². The normalized spacial score (nSPS) is 9.12. The molecule has 0 amide bonds. The Morgan fingerprint density at radius 3 is 2.62 bits per heavy atom. The highest BCUT2D eigenvalue weighted by Gasteiger charge is 1.81. The lowest BCUT2D eigenvalue weighted by Gasteiger charge is -1.89. The molecule has 0 saturated carbocycles. The Hall–Kier alpha value is -0.283. The van der Waals surface area contributed by atoms with Gasteiger partial charge in [0.25, 0.3) is 0 Å². The topological polar surface area (TPSA) is 26.0 Å². The largest absolute Gasteiger partial charge is 0.403 e. The second kappa shape index (κ2) is 2.33. The highest BCUT2D eigenvalue weighted by Crippen LogP contribution is 2.03. The van der Waals surface area contributed by atoms with Gasteiger partial charge in [-0.2, -0.15) is 0 Å². The molecule has 0 saturated heterocycles. The molecule has 1 rings (SSSR count). The molecule has 2 N–H and O–H groups in total. The van der Waals surface area contributed by atoms with Crippen LogP contribution in [0.15, 0.2) is 22.7 Å². The highest BCUT2D eigenvalue weighted by atomic mass is 32.1. The average Bonchev–Trinajstić information content (AvgIpc) is 1.77. The molecule has 0 atom stereocenters. The minimum Gasteiger partial charge on any atom is -0.403 e. The summed E-state index contributed by atoms with van der Waals surface area (Å²) < 4.78 is 0. The lowest BCUT2D eigenvalue weighted by atomic mass is 10.5. The van der Waals surface area contributed by atoms with Crippen LogP contribution in [0.2, 0.25) is 0 Å². The summed E-state index contributed by atoms with van der Waals surface area (Å²) in [5.74, 6) is 0. The predicted molar refractivity (Wildman–Crippen MR) is 40.8 cm³/mol. The molecule has 0 aliphatic carbocycles. The minimum atomic E-state index is 0.190. The number of rotatable bonds is 0. The molecule has 0 bridgehead atoms. The smallest absolute Gasteiger partial charge is 0.0512 e. The van der Waals surface area contributed by atoms with Gasteiger partial charge in [-0.05, 0) is 17.0 Å². The van der Waals surface area contributed by atoms with E-state index in [-0.39, 0.29) is 9.12 Å². The second-order valence-electron chi connectivity index (χ2n) is 1.59. The van der Waals surface area contributed by atoms with Gasteiger partial charge in [0, 0.05) is 5.30 Å². The van der Waals surface area contributed by atoms with Gasteiger partial charge in [-0.1, -0.05) is 5.68 Å². The summed E-state index contributed by atoms with van der Waals surface area (Å²) in [6.45, 7) is 0. The SMILES string of the molecule is Nc1ccc(S)c[siH]1. The van der Waals surface area contributed by atoms with Gasteiger partial charge in [-0.15, -0.1) is 12.6 Å². The Morgan fingerprint density at radius 2 is 2.25 bits per heavy atom. The fourth-order valence-electron chi connectivity index (χ4n) is 0.474. The number of thiol groups is 1. The Balaban J connectivity index is 3.03.